The average Bonchev–Trinajstić information content (AvgIpc) is 2.96. The van der Waals surface area contributed by atoms with E-state index in [2.05, 4.69) is 21.2 Å². The first kappa shape index (κ1) is 19.9. The van der Waals surface area contributed by atoms with Gasteiger partial charge in [0, 0.05) is 38.3 Å². The fourth-order valence-electron chi connectivity index (χ4n) is 3.20. The molecule has 1 fully saturated rings. The van der Waals surface area contributed by atoms with Crippen molar-refractivity contribution in [2.75, 3.05) is 51.2 Å². The molecule has 1 N–H and O–H groups in total. The minimum absolute atomic E-state index is 0.161. The largest absolute Gasteiger partial charge is 0.492 e. The van der Waals surface area contributed by atoms with Gasteiger partial charge in [-0.15, -0.1) is 0 Å². The second kappa shape index (κ2) is 9.40. The van der Waals surface area contributed by atoms with E-state index in [4.69, 9.17) is 9.15 Å². The molecule has 0 atom stereocenters. The topological polar surface area (TPSA) is 81.7 Å². The van der Waals surface area contributed by atoms with E-state index < -0.39 is 0 Å². The third kappa shape index (κ3) is 5.12. The van der Waals surface area contributed by atoms with Gasteiger partial charge in [-0.2, -0.15) is 5.26 Å². The van der Waals surface area contributed by atoms with Gasteiger partial charge in [0.15, 0.2) is 0 Å². The molecule has 1 aromatic heterocycles. The Morgan fingerprint density at radius 2 is 1.86 bits per heavy atom. The molecule has 2 heterocycles. The number of nitriles is 1. The van der Waals surface area contributed by atoms with E-state index in [9.17, 15) is 10.1 Å². The van der Waals surface area contributed by atoms with Gasteiger partial charge in [0.1, 0.15) is 29.7 Å². The van der Waals surface area contributed by atoms with Crippen LogP contribution in [-0.2, 0) is 4.79 Å². The molecule has 3 rings (SSSR count). The maximum Gasteiger partial charge on any atom is 0.240 e. The van der Waals surface area contributed by atoms with Gasteiger partial charge in [0.2, 0.25) is 11.8 Å². The Morgan fingerprint density at radius 1 is 1.18 bits per heavy atom. The number of benzene rings is 1. The van der Waals surface area contributed by atoms with Crippen molar-refractivity contribution in [3.63, 3.8) is 0 Å². The highest BCUT2D eigenvalue weighted by Gasteiger charge is 2.21. The molecular weight excluding hydrogens is 356 g/mol. The fraction of sp³-hybridized carbons (Fsp3) is 0.429. The number of piperazine rings is 1. The summed E-state index contributed by atoms with van der Waals surface area (Å²) in [5, 5.41) is 12.0. The molecule has 1 aromatic carbocycles. The number of nitrogens with one attached hydrogen (secondary N) is 1. The van der Waals surface area contributed by atoms with E-state index in [1.807, 2.05) is 37.3 Å². The smallest absolute Gasteiger partial charge is 0.240 e. The number of hydrogen-bond donors (Lipinski definition) is 1. The van der Waals surface area contributed by atoms with Crippen molar-refractivity contribution < 1.29 is 13.9 Å². The number of anilines is 1. The summed E-state index contributed by atoms with van der Waals surface area (Å²) in [7, 11) is 0. The molecule has 0 aliphatic carbocycles. The Hall–Kier alpha value is -2.82. The van der Waals surface area contributed by atoms with Crippen molar-refractivity contribution in [1.29, 1.82) is 5.26 Å². The zero-order valence-electron chi connectivity index (χ0n) is 16.4. The lowest BCUT2D eigenvalue weighted by Crippen LogP contribution is -2.49. The van der Waals surface area contributed by atoms with Crippen molar-refractivity contribution in [2.24, 2.45) is 0 Å². The molecule has 7 nitrogen and oxygen atoms in total. The van der Waals surface area contributed by atoms with Crippen LogP contribution in [0.1, 0.15) is 16.9 Å². The van der Waals surface area contributed by atoms with Crippen LogP contribution >= 0.6 is 0 Å². The van der Waals surface area contributed by atoms with Gasteiger partial charge >= 0.3 is 0 Å². The normalized spacial score (nSPS) is 15.2. The van der Waals surface area contributed by atoms with Crippen molar-refractivity contribution >= 4 is 11.8 Å². The standard InChI is InChI=1S/C21H26N4O3/c1-16-17(2)28-21(19(16)14-22)23-20(26)15-25-10-8-24(9-11-25)12-13-27-18-6-4-3-5-7-18/h3-7H,8-13,15H2,1-2H3,(H,23,26). The van der Waals surface area contributed by atoms with Gasteiger partial charge in [-0.1, -0.05) is 18.2 Å². The predicted molar refractivity (Wildman–Crippen MR) is 106 cm³/mol. The van der Waals surface area contributed by atoms with Crippen LogP contribution in [0.2, 0.25) is 0 Å². The highest BCUT2D eigenvalue weighted by atomic mass is 16.5. The lowest BCUT2D eigenvalue weighted by Gasteiger charge is -2.34. The number of ether oxygens (including phenoxy) is 1. The summed E-state index contributed by atoms with van der Waals surface area (Å²) in [4.78, 5) is 16.8. The van der Waals surface area contributed by atoms with Crippen LogP contribution in [0.3, 0.4) is 0 Å². The third-order valence-corrected chi connectivity index (χ3v) is 5.00. The van der Waals surface area contributed by atoms with E-state index in [1.54, 1.807) is 6.92 Å². The van der Waals surface area contributed by atoms with Gasteiger partial charge < -0.3 is 9.15 Å². The SMILES string of the molecule is Cc1oc(NC(=O)CN2CCN(CCOc3ccccc3)CC2)c(C#N)c1C. The third-order valence-electron chi connectivity index (χ3n) is 5.00. The number of rotatable bonds is 7. The minimum Gasteiger partial charge on any atom is -0.492 e. The van der Waals surface area contributed by atoms with Gasteiger partial charge in [-0.05, 0) is 26.0 Å². The van der Waals surface area contributed by atoms with Crippen molar-refractivity contribution in [2.45, 2.75) is 13.8 Å². The maximum absolute atomic E-state index is 12.3. The summed E-state index contributed by atoms with van der Waals surface area (Å²) >= 11 is 0. The Morgan fingerprint density at radius 3 is 2.54 bits per heavy atom. The fourth-order valence-corrected chi connectivity index (χ4v) is 3.20. The molecule has 0 saturated carbocycles. The highest BCUT2D eigenvalue weighted by Crippen LogP contribution is 2.25. The Bertz CT molecular complexity index is 833. The van der Waals surface area contributed by atoms with E-state index in [0.717, 1.165) is 44.0 Å². The van der Waals surface area contributed by atoms with E-state index in [0.29, 0.717) is 17.9 Å². The number of hydrogen-bond acceptors (Lipinski definition) is 6. The number of para-hydroxylation sites is 1. The van der Waals surface area contributed by atoms with Crippen LogP contribution < -0.4 is 10.1 Å². The van der Waals surface area contributed by atoms with Gasteiger partial charge in [0.25, 0.3) is 0 Å². The number of amides is 1. The van der Waals surface area contributed by atoms with Crippen LogP contribution in [-0.4, -0.2) is 61.6 Å². The monoisotopic (exact) mass is 382 g/mol. The van der Waals surface area contributed by atoms with E-state index in [1.165, 1.54) is 0 Å². The predicted octanol–water partition coefficient (Wildman–Crippen LogP) is 2.40. The quantitative estimate of drug-likeness (QED) is 0.792. The first-order valence-electron chi connectivity index (χ1n) is 9.49. The molecule has 1 aliphatic rings. The van der Waals surface area contributed by atoms with Crippen LogP contribution in [0.5, 0.6) is 5.75 Å². The van der Waals surface area contributed by atoms with Crippen LogP contribution in [0, 0.1) is 25.2 Å². The van der Waals surface area contributed by atoms with Gasteiger partial charge in [0.05, 0.1) is 6.54 Å². The summed E-state index contributed by atoms with van der Waals surface area (Å²) < 4.78 is 11.2. The van der Waals surface area contributed by atoms with Gasteiger partial charge in [-0.25, -0.2) is 0 Å². The van der Waals surface area contributed by atoms with Crippen molar-refractivity contribution in [3.8, 4) is 11.8 Å². The first-order valence-corrected chi connectivity index (χ1v) is 9.49. The van der Waals surface area contributed by atoms with Crippen LogP contribution in [0.15, 0.2) is 34.7 Å². The Labute approximate surface area is 165 Å². The molecule has 28 heavy (non-hydrogen) atoms. The summed E-state index contributed by atoms with van der Waals surface area (Å²) in [6.07, 6.45) is 0. The average molecular weight is 382 g/mol. The molecule has 2 aromatic rings. The molecule has 0 radical (unpaired) electrons. The molecular formula is C21H26N4O3. The number of nitrogens with zero attached hydrogens (tertiary/aromatic N) is 3. The maximum atomic E-state index is 12.3. The van der Waals surface area contributed by atoms with Crippen LogP contribution in [0.4, 0.5) is 5.88 Å². The van der Waals surface area contributed by atoms with E-state index >= 15 is 0 Å². The number of aryl methyl sites for hydroxylation is 1. The summed E-state index contributed by atoms with van der Waals surface area (Å²) in [6.45, 7) is 8.84. The molecule has 0 unspecified atom stereocenters. The highest BCUT2D eigenvalue weighted by molar-refractivity contribution is 5.92. The zero-order chi connectivity index (χ0) is 19.9. The summed E-state index contributed by atoms with van der Waals surface area (Å²) in [5.41, 5.74) is 1.17. The first-order chi connectivity index (χ1) is 13.6. The molecule has 1 aliphatic heterocycles. The van der Waals surface area contributed by atoms with Gasteiger partial charge in [-0.3, -0.25) is 19.9 Å². The lowest BCUT2D eigenvalue weighted by atomic mass is 10.2. The molecule has 1 amide bonds. The second-order valence-electron chi connectivity index (χ2n) is 6.93. The lowest BCUT2D eigenvalue weighted by molar-refractivity contribution is -0.117. The molecule has 7 heteroatoms. The molecule has 0 bridgehead atoms. The Kier molecular flexibility index (Phi) is 6.69. The molecule has 0 spiro atoms. The van der Waals surface area contributed by atoms with Crippen LogP contribution in [0.25, 0.3) is 0 Å². The Balaban J connectivity index is 1.39. The van der Waals surface area contributed by atoms with E-state index in [-0.39, 0.29) is 18.3 Å². The summed E-state index contributed by atoms with van der Waals surface area (Å²) in [5.74, 6) is 1.63. The number of carbonyl (C=O) groups is 1. The zero-order valence-corrected chi connectivity index (χ0v) is 16.4. The van der Waals surface area contributed by atoms with Crippen molar-refractivity contribution in [3.05, 3.63) is 47.2 Å². The number of furan rings is 1. The molecule has 1 saturated heterocycles. The molecule has 148 valence electrons. The van der Waals surface area contributed by atoms with Crippen molar-refractivity contribution in [1.82, 2.24) is 9.80 Å². The summed E-state index contributed by atoms with van der Waals surface area (Å²) in [6, 6.07) is 11.9. The minimum atomic E-state index is -0.161. The second-order valence-corrected chi connectivity index (χ2v) is 6.93. The number of carbonyl (C=O) groups excluding carboxylic acids is 1.